The molecular weight excluding hydrogens is 511 g/mol. The van der Waals surface area contributed by atoms with Gasteiger partial charge >= 0.3 is 0 Å². The van der Waals surface area contributed by atoms with Crippen LogP contribution in [0.2, 0.25) is 0 Å². The number of hydrogen-bond donors (Lipinski definition) is 3. The van der Waals surface area contributed by atoms with Gasteiger partial charge in [-0.05, 0) is 70.5 Å². The van der Waals surface area contributed by atoms with E-state index >= 15 is 0 Å². The molecule has 4 rings (SSSR count). The summed E-state index contributed by atoms with van der Waals surface area (Å²) in [5, 5.41) is 5.68. The predicted molar refractivity (Wildman–Crippen MR) is 141 cm³/mol. The smallest absolute Gasteiger partial charge is 0.248 e. The van der Waals surface area contributed by atoms with Crippen LogP contribution in [0.15, 0.2) is 77.3 Å². The second kappa shape index (κ2) is 10.8. The molecule has 35 heavy (non-hydrogen) atoms. The minimum atomic E-state index is -0.378. The van der Waals surface area contributed by atoms with Crippen LogP contribution in [0.5, 0.6) is 0 Å². The van der Waals surface area contributed by atoms with Gasteiger partial charge in [-0.3, -0.25) is 9.59 Å². The number of nitrogens with zero attached hydrogens (tertiary/aromatic N) is 1. The molecule has 1 fully saturated rings. The molecule has 0 saturated carbocycles. The van der Waals surface area contributed by atoms with Gasteiger partial charge in [0.1, 0.15) is 5.82 Å². The van der Waals surface area contributed by atoms with E-state index in [1.807, 2.05) is 31.3 Å². The van der Waals surface area contributed by atoms with Crippen LogP contribution < -0.4 is 16.4 Å². The quantitative estimate of drug-likeness (QED) is 0.302. The van der Waals surface area contributed by atoms with Crippen molar-refractivity contribution < 1.29 is 14.0 Å². The Morgan fingerprint density at radius 2 is 1.80 bits per heavy atom. The molecule has 2 unspecified atom stereocenters. The molecule has 0 bridgehead atoms. The first-order valence-electron chi connectivity index (χ1n) is 11.2. The van der Waals surface area contributed by atoms with Crippen molar-refractivity contribution in [1.29, 1.82) is 0 Å². The van der Waals surface area contributed by atoms with E-state index in [2.05, 4.69) is 31.5 Å². The third-order valence-corrected chi connectivity index (χ3v) is 6.64. The maximum Gasteiger partial charge on any atom is 0.248 e. The molecule has 8 heteroatoms. The Kier molecular flexibility index (Phi) is 7.63. The highest BCUT2D eigenvalue weighted by Gasteiger charge is 2.37. The Hall–Kier alpha value is -3.49. The Morgan fingerprint density at radius 1 is 1.06 bits per heavy atom. The number of rotatable bonds is 6. The fraction of sp³-hybridized carbons (Fsp3) is 0.185. The lowest BCUT2D eigenvalue weighted by atomic mass is 9.88. The Balaban J connectivity index is 1.41. The zero-order valence-electron chi connectivity index (χ0n) is 19.2. The summed E-state index contributed by atoms with van der Waals surface area (Å²) < 4.78 is 13.8. The number of amides is 2. The van der Waals surface area contributed by atoms with Crippen molar-refractivity contribution in [1.82, 2.24) is 4.90 Å². The van der Waals surface area contributed by atoms with Crippen molar-refractivity contribution in [2.75, 3.05) is 36.5 Å². The van der Waals surface area contributed by atoms with Gasteiger partial charge in [0.25, 0.3) is 0 Å². The summed E-state index contributed by atoms with van der Waals surface area (Å²) in [7, 11) is 1.99. The van der Waals surface area contributed by atoms with Gasteiger partial charge in [0.15, 0.2) is 0 Å². The topological polar surface area (TPSA) is 87.5 Å². The highest BCUT2D eigenvalue weighted by molar-refractivity contribution is 9.10. The molecule has 2 amide bonds. The number of halogens is 2. The van der Waals surface area contributed by atoms with Gasteiger partial charge in [-0.1, -0.05) is 36.4 Å². The third kappa shape index (κ3) is 6.15. The van der Waals surface area contributed by atoms with Crippen molar-refractivity contribution >= 4 is 50.9 Å². The molecule has 6 nitrogen and oxygen atoms in total. The van der Waals surface area contributed by atoms with E-state index in [4.69, 9.17) is 5.73 Å². The highest BCUT2D eigenvalue weighted by Crippen LogP contribution is 2.33. The second-order valence-corrected chi connectivity index (χ2v) is 9.48. The number of carbonyl (C=O) groups excluding carboxylic acids is 2. The number of hydrogen-bond acceptors (Lipinski definition) is 4. The Morgan fingerprint density at radius 3 is 2.51 bits per heavy atom. The maximum absolute atomic E-state index is 13.5. The summed E-state index contributed by atoms with van der Waals surface area (Å²) in [4.78, 5) is 27.4. The van der Waals surface area contributed by atoms with Gasteiger partial charge in [-0.25, -0.2) is 4.39 Å². The normalized spacial score (nSPS) is 18.0. The summed E-state index contributed by atoms with van der Waals surface area (Å²) in [6.07, 6.45) is 3.19. The fourth-order valence-corrected chi connectivity index (χ4v) is 4.60. The number of likely N-dealkylation sites (tertiary alicyclic amines) is 1. The molecule has 0 spiro atoms. The second-order valence-electron chi connectivity index (χ2n) is 8.63. The SMILES string of the molecule is CN1CC(C(=O)Nc2ccc(F)c(Br)c2)C(c2ccc(C=CC(=O)Nc3ccccc3N)cc2)C1. The van der Waals surface area contributed by atoms with Crippen molar-refractivity contribution in [3.05, 3.63) is 94.2 Å². The largest absolute Gasteiger partial charge is 0.397 e. The lowest BCUT2D eigenvalue weighted by Crippen LogP contribution is -2.28. The number of nitrogens with one attached hydrogen (secondary N) is 2. The van der Waals surface area contributed by atoms with Gasteiger partial charge in [-0.15, -0.1) is 0 Å². The average Bonchev–Trinajstić information content (AvgIpc) is 3.24. The van der Waals surface area contributed by atoms with Crippen LogP contribution in [0.4, 0.5) is 21.5 Å². The van der Waals surface area contributed by atoms with E-state index in [0.29, 0.717) is 28.1 Å². The fourth-order valence-electron chi connectivity index (χ4n) is 4.22. The zero-order chi connectivity index (χ0) is 24.9. The third-order valence-electron chi connectivity index (χ3n) is 6.04. The first-order valence-corrected chi connectivity index (χ1v) is 12.0. The van der Waals surface area contributed by atoms with E-state index in [-0.39, 0.29) is 29.5 Å². The summed E-state index contributed by atoms with van der Waals surface area (Å²) in [5.41, 5.74) is 9.40. The van der Waals surface area contributed by atoms with Gasteiger partial charge < -0.3 is 21.3 Å². The number of carbonyl (C=O) groups is 2. The monoisotopic (exact) mass is 536 g/mol. The number of benzene rings is 3. The predicted octanol–water partition coefficient (Wildman–Crippen LogP) is 5.11. The molecule has 1 heterocycles. The molecule has 1 aliphatic rings. The molecule has 0 aromatic heterocycles. The minimum Gasteiger partial charge on any atom is -0.397 e. The van der Waals surface area contributed by atoms with Gasteiger partial charge in [0, 0.05) is 30.8 Å². The number of para-hydroxylation sites is 2. The first kappa shape index (κ1) is 24.6. The lowest BCUT2D eigenvalue weighted by molar-refractivity contribution is -0.119. The molecule has 0 aliphatic carbocycles. The Labute approximate surface area is 212 Å². The van der Waals surface area contributed by atoms with Crippen LogP contribution in [0.3, 0.4) is 0 Å². The van der Waals surface area contributed by atoms with E-state index in [9.17, 15) is 14.0 Å². The van der Waals surface area contributed by atoms with Gasteiger partial charge in [-0.2, -0.15) is 0 Å². The number of nitrogens with two attached hydrogens (primary N) is 1. The van der Waals surface area contributed by atoms with Gasteiger partial charge in [0.2, 0.25) is 11.8 Å². The molecule has 180 valence electrons. The van der Waals surface area contributed by atoms with Crippen LogP contribution in [0, 0.1) is 11.7 Å². The summed E-state index contributed by atoms with van der Waals surface area (Å²) >= 11 is 3.15. The summed E-state index contributed by atoms with van der Waals surface area (Å²) in [5.74, 6) is -0.969. The van der Waals surface area contributed by atoms with E-state index in [1.54, 1.807) is 42.5 Å². The summed E-state index contributed by atoms with van der Waals surface area (Å²) in [6.45, 7) is 1.38. The minimum absolute atomic E-state index is 0.0197. The molecule has 2 atom stereocenters. The molecular formula is C27H26BrFN4O2. The molecule has 3 aromatic carbocycles. The standard InChI is InChI=1S/C27H26BrFN4O2/c1-33-15-20(21(16-33)27(35)31-19-11-12-23(29)22(28)14-19)18-9-6-17(7-10-18)8-13-26(34)32-25-5-3-2-4-24(25)30/h2-14,20-21H,15-16,30H2,1H3,(H,31,35)(H,32,34). The van der Waals surface area contributed by atoms with Crippen LogP contribution in [-0.4, -0.2) is 36.9 Å². The first-order chi connectivity index (χ1) is 16.8. The van der Waals surface area contributed by atoms with Crippen LogP contribution in [0.25, 0.3) is 6.08 Å². The van der Waals surface area contributed by atoms with Gasteiger partial charge in [0.05, 0.1) is 21.8 Å². The zero-order valence-corrected chi connectivity index (χ0v) is 20.8. The summed E-state index contributed by atoms with van der Waals surface area (Å²) in [6, 6.07) is 19.4. The van der Waals surface area contributed by atoms with E-state index in [1.165, 1.54) is 12.1 Å². The Bertz CT molecular complexity index is 1260. The van der Waals surface area contributed by atoms with Crippen LogP contribution in [0.1, 0.15) is 17.0 Å². The lowest BCUT2D eigenvalue weighted by Gasteiger charge is -2.19. The maximum atomic E-state index is 13.5. The van der Waals surface area contributed by atoms with Crippen LogP contribution >= 0.6 is 15.9 Å². The molecule has 4 N–H and O–H groups in total. The number of likely N-dealkylation sites (N-methyl/N-ethyl adjacent to an activating group) is 1. The van der Waals surface area contributed by atoms with Crippen molar-refractivity contribution in [3.8, 4) is 0 Å². The van der Waals surface area contributed by atoms with Crippen LogP contribution in [-0.2, 0) is 9.59 Å². The molecule has 0 radical (unpaired) electrons. The van der Waals surface area contributed by atoms with Crippen molar-refractivity contribution in [2.45, 2.75) is 5.92 Å². The number of nitrogen functional groups attached to an aromatic ring is 1. The number of anilines is 3. The van der Waals surface area contributed by atoms with E-state index < -0.39 is 0 Å². The molecule has 1 aliphatic heterocycles. The van der Waals surface area contributed by atoms with Crippen molar-refractivity contribution in [2.24, 2.45) is 5.92 Å². The van der Waals surface area contributed by atoms with E-state index in [0.717, 1.165) is 17.7 Å². The molecule has 1 saturated heterocycles. The average molecular weight is 537 g/mol. The molecule has 3 aromatic rings. The highest BCUT2D eigenvalue weighted by atomic mass is 79.9. The van der Waals surface area contributed by atoms with Crippen molar-refractivity contribution in [3.63, 3.8) is 0 Å².